The van der Waals surface area contributed by atoms with Crippen molar-refractivity contribution in [1.29, 1.82) is 0 Å². The van der Waals surface area contributed by atoms with Gasteiger partial charge >= 0.3 is 5.97 Å². The molecule has 0 bridgehead atoms. The molecule has 1 amide bonds. The highest BCUT2D eigenvalue weighted by Gasteiger charge is 2.30. The van der Waals surface area contributed by atoms with Gasteiger partial charge in [0.05, 0.1) is 15.1 Å². The fraction of sp³-hybridized carbons (Fsp3) is 0.353. The van der Waals surface area contributed by atoms with Crippen LogP contribution in [0.4, 0.5) is 5.69 Å². The Morgan fingerprint density at radius 1 is 1.36 bits per heavy atom. The highest BCUT2D eigenvalue weighted by molar-refractivity contribution is 8.01. The molecule has 0 radical (unpaired) electrons. The van der Waals surface area contributed by atoms with Gasteiger partial charge in [0.2, 0.25) is 5.91 Å². The molecule has 2 aromatic rings. The second kappa shape index (κ2) is 9.54. The average Bonchev–Trinajstić information content (AvgIpc) is 3.26. The molecule has 1 aromatic carbocycles. The van der Waals surface area contributed by atoms with Gasteiger partial charge in [-0.05, 0) is 18.6 Å². The third-order valence-corrected chi connectivity index (χ3v) is 7.44. The molecular formula is C17H16Cl3N3O3S2. The third-order valence-electron chi connectivity index (χ3n) is 4.24. The molecule has 1 saturated heterocycles. The van der Waals surface area contributed by atoms with Crippen LogP contribution < -0.4 is 5.32 Å². The summed E-state index contributed by atoms with van der Waals surface area (Å²) in [5, 5.41) is 14.8. The lowest BCUT2D eigenvalue weighted by Gasteiger charge is -2.25. The summed E-state index contributed by atoms with van der Waals surface area (Å²) < 4.78 is 0.684. The van der Waals surface area contributed by atoms with Crippen molar-refractivity contribution >= 4 is 75.5 Å². The number of nitrogens with zero attached hydrogens (tertiary/aromatic N) is 2. The summed E-state index contributed by atoms with van der Waals surface area (Å²) in [4.78, 5) is 29.0. The molecule has 1 aromatic heterocycles. The molecule has 28 heavy (non-hydrogen) atoms. The zero-order chi connectivity index (χ0) is 20.3. The highest BCUT2D eigenvalue weighted by Crippen LogP contribution is 2.33. The smallest absolute Gasteiger partial charge is 0.355 e. The molecule has 2 heterocycles. The van der Waals surface area contributed by atoms with E-state index in [0.717, 1.165) is 12.1 Å². The molecule has 0 aliphatic carbocycles. The van der Waals surface area contributed by atoms with Gasteiger partial charge in [0.15, 0.2) is 10.0 Å². The zero-order valence-corrected chi connectivity index (χ0v) is 18.4. The van der Waals surface area contributed by atoms with E-state index in [1.54, 1.807) is 12.1 Å². The van der Waals surface area contributed by atoms with Gasteiger partial charge in [0.25, 0.3) is 0 Å². The molecule has 1 unspecified atom stereocenters. The SMILES string of the molecule is O=C(O)c1csc(SCCN2C(=O)CCC2CNc2cc(Cl)c(Cl)c(Cl)c2)n1. The molecule has 2 N–H and O–H groups in total. The molecule has 1 fully saturated rings. The van der Waals surface area contributed by atoms with E-state index in [1.165, 1.54) is 28.5 Å². The Bertz CT molecular complexity index is 871. The van der Waals surface area contributed by atoms with Crippen molar-refractivity contribution in [3.05, 3.63) is 38.3 Å². The van der Waals surface area contributed by atoms with Gasteiger partial charge in [0.1, 0.15) is 0 Å². The summed E-state index contributed by atoms with van der Waals surface area (Å²) in [6.45, 7) is 1.14. The first-order chi connectivity index (χ1) is 13.3. The van der Waals surface area contributed by atoms with Crippen molar-refractivity contribution in [3.8, 4) is 0 Å². The second-order valence-corrected chi connectivity index (χ2v) is 9.46. The second-order valence-electron chi connectivity index (χ2n) is 6.07. The summed E-state index contributed by atoms with van der Waals surface area (Å²) in [5.74, 6) is -0.274. The minimum absolute atomic E-state index is 0.0483. The number of aromatic nitrogens is 1. The number of carbonyl (C=O) groups excluding carboxylic acids is 1. The Hall–Kier alpha value is -1.19. The van der Waals surface area contributed by atoms with E-state index in [4.69, 9.17) is 39.9 Å². The predicted molar refractivity (Wildman–Crippen MR) is 114 cm³/mol. The average molecular weight is 481 g/mol. The summed E-state index contributed by atoms with van der Waals surface area (Å²) in [6.07, 6.45) is 1.28. The van der Waals surface area contributed by atoms with E-state index in [9.17, 15) is 9.59 Å². The Morgan fingerprint density at radius 2 is 2.07 bits per heavy atom. The minimum Gasteiger partial charge on any atom is -0.476 e. The van der Waals surface area contributed by atoms with Gasteiger partial charge in [-0.1, -0.05) is 46.6 Å². The first-order valence-electron chi connectivity index (χ1n) is 8.34. The van der Waals surface area contributed by atoms with Crippen LogP contribution in [0, 0.1) is 0 Å². The number of benzene rings is 1. The molecule has 0 spiro atoms. The molecule has 1 atom stereocenters. The maximum absolute atomic E-state index is 12.2. The molecule has 11 heteroatoms. The van der Waals surface area contributed by atoms with Crippen LogP contribution in [0.3, 0.4) is 0 Å². The van der Waals surface area contributed by atoms with Crippen LogP contribution in [-0.2, 0) is 4.79 Å². The summed E-state index contributed by atoms with van der Waals surface area (Å²) in [6, 6.07) is 3.47. The number of rotatable bonds is 8. The maximum atomic E-state index is 12.2. The normalized spacial score (nSPS) is 16.6. The number of aromatic carboxylic acids is 1. The van der Waals surface area contributed by atoms with Crippen LogP contribution in [0.2, 0.25) is 15.1 Å². The number of amides is 1. The number of carbonyl (C=O) groups is 2. The minimum atomic E-state index is -1.04. The van der Waals surface area contributed by atoms with E-state index in [-0.39, 0.29) is 17.6 Å². The Labute approximate surface area is 185 Å². The van der Waals surface area contributed by atoms with Crippen molar-refractivity contribution in [3.63, 3.8) is 0 Å². The summed E-state index contributed by atoms with van der Waals surface area (Å²) in [7, 11) is 0. The molecule has 0 saturated carbocycles. The number of thioether (sulfide) groups is 1. The topological polar surface area (TPSA) is 82.5 Å². The monoisotopic (exact) mass is 479 g/mol. The van der Waals surface area contributed by atoms with Crippen molar-refractivity contribution < 1.29 is 14.7 Å². The van der Waals surface area contributed by atoms with Crippen LogP contribution in [0.1, 0.15) is 23.3 Å². The van der Waals surface area contributed by atoms with Crippen LogP contribution in [0.5, 0.6) is 0 Å². The lowest BCUT2D eigenvalue weighted by Crippen LogP contribution is -2.39. The lowest BCUT2D eigenvalue weighted by atomic mass is 10.2. The van der Waals surface area contributed by atoms with Gasteiger partial charge in [-0.25, -0.2) is 9.78 Å². The first kappa shape index (κ1) is 21.5. The van der Waals surface area contributed by atoms with Gasteiger partial charge in [-0.15, -0.1) is 11.3 Å². The standard InChI is InChI=1S/C17H16Cl3N3O3S2/c18-11-5-9(6-12(19)15(11)20)21-7-10-1-2-14(24)23(10)3-4-27-17-22-13(8-28-17)16(25)26/h5-6,8,10,21H,1-4,7H2,(H,25,26). The highest BCUT2D eigenvalue weighted by atomic mass is 35.5. The van der Waals surface area contributed by atoms with Gasteiger partial charge in [-0.2, -0.15) is 0 Å². The number of carboxylic acids is 1. The van der Waals surface area contributed by atoms with Crippen LogP contribution >= 0.6 is 57.9 Å². The van der Waals surface area contributed by atoms with Crippen molar-refractivity contribution in [1.82, 2.24) is 9.88 Å². The van der Waals surface area contributed by atoms with E-state index in [1.807, 2.05) is 4.90 Å². The summed E-state index contributed by atoms with van der Waals surface area (Å²) >= 11 is 20.8. The molecule has 3 rings (SSSR count). The van der Waals surface area contributed by atoms with E-state index < -0.39 is 5.97 Å². The number of nitrogens with one attached hydrogen (secondary N) is 1. The third kappa shape index (κ3) is 5.24. The van der Waals surface area contributed by atoms with E-state index in [0.29, 0.717) is 44.7 Å². The Morgan fingerprint density at radius 3 is 2.71 bits per heavy atom. The Kier molecular flexibility index (Phi) is 7.33. The van der Waals surface area contributed by atoms with Gasteiger partial charge in [-0.3, -0.25) is 4.79 Å². The van der Waals surface area contributed by atoms with Gasteiger partial charge in [0, 0.05) is 42.4 Å². The fourth-order valence-corrected chi connectivity index (χ4v) is 5.26. The first-order valence-corrected chi connectivity index (χ1v) is 11.3. The van der Waals surface area contributed by atoms with Crippen LogP contribution in [0.25, 0.3) is 0 Å². The number of thiazole rings is 1. The summed E-state index contributed by atoms with van der Waals surface area (Å²) in [5.41, 5.74) is 0.796. The fourth-order valence-electron chi connectivity index (χ4n) is 2.86. The zero-order valence-electron chi connectivity index (χ0n) is 14.5. The van der Waals surface area contributed by atoms with Gasteiger partial charge < -0.3 is 15.3 Å². The quantitative estimate of drug-likeness (QED) is 0.409. The number of likely N-dealkylation sites (tertiary alicyclic amines) is 1. The lowest BCUT2D eigenvalue weighted by molar-refractivity contribution is -0.128. The maximum Gasteiger partial charge on any atom is 0.355 e. The number of hydrogen-bond acceptors (Lipinski definition) is 6. The number of carboxylic acid groups (broad SMARTS) is 1. The predicted octanol–water partition coefficient (Wildman–Crippen LogP) is 5.00. The number of anilines is 1. The molecule has 1 aliphatic heterocycles. The molecule has 1 aliphatic rings. The molecule has 6 nitrogen and oxygen atoms in total. The molecular weight excluding hydrogens is 465 g/mol. The van der Waals surface area contributed by atoms with Crippen molar-refractivity contribution in [2.75, 3.05) is 24.2 Å². The van der Waals surface area contributed by atoms with E-state index in [2.05, 4.69) is 10.3 Å². The van der Waals surface area contributed by atoms with Crippen LogP contribution in [-0.4, -0.2) is 51.8 Å². The van der Waals surface area contributed by atoms with E-state index >= 15 is 0 Å². The van der Waals surface area contributed by atoms with Crippen LogP contribution in [0.15, 0.2) is 21.9 Å². The number of halogens is 3. The van der Waals surface area contributed by atoms with Crippen molar-refractivity contribution in [2.45, 2.75) is 23.2 Å². The molecule has 150 valence electrons. The Balaban J connectivity index is 1.53. The number of hydrogen-bond donors (Lipinski definition) is 2. The van der Waals surface area contributed by atoms with Crippen molar-refractivity contribution in [2.24, 2.45) is 0 Å². The largest absolute Gasteiger partial charge is 0.476 e.